The van der Waals surface area contributed by atoms with Crippen molar-refractivity contribution in [2.24, 2.45) is 0 Å². The highest BCUT2D eigenvalue weighted by molar-refractivity contribution is 5.86. The summed E-state index contributed by atoms with van der Waals surface area (Å²) in [5, 5.41) is 2.83. The Morgan fingerprint density at radius 2 is 1.95 bits per heavy atom. The number of likely N-dealkylation sites (tertiary alicyclic amines) is 1. The highest BCUT2D eigenvalue weighted by atomic mass is 15.2. The standard InChI is InChI=1S/C19H25N/c1-3-15(2)20-13-7-10-17(14-20)19-12-6-9-16-8-4-5-11-18(16)19/h4-6,8-9,11-12,15,17H,3,7,10,13-14H2,1-2H3. The number of rotatable bonds is 3. The first-order chi connectivity index (χ1) is 9.79. The lowest BCUT2D eigenvalue weighted by Crippen LogP contribution is -2.40. The van der Waals surface area contributed by atoms with Crippen LogP contribution in [-0.2, 0) is 0 Å². The summed E-state index contributed by atoms with van der Waals surface area (Å²) < 4.78 is 0. The van der Waals surface area contributed by atoms with Crippen LogP contribution in [-0.4, -0.2) is 24.0 Å². The van der Waals surface area contributed by atoms with Gasteiger partial charge in [-0.3, -0.25) is 0 Å². The van der Waals surface area contributed by atoms with Crippen LogP contribution >= 0.6 is 0 Å². The maximum absolute atomic E-state index is 2.68. The van der Waals surface area contributed by atoms with Gasteiger partial charge in [0.05, 0.1) is 0 Å². The van der Waals surface area contributed by atoms with Crippen LogP contribution in [0.25, 0.3) is 10.8 Å². The molecular weight excluding hydrogens is 242 g/mol. The zero-order valence-electron chi connectivity index (χ0n) is 12.7. The lowest BCUT2D eigenvalue weighted by molar-refractivity contribution is 0.155. The molecule has 1 fully saturated rings. The first-order valence-electron chi connectivity index (χ1n) is 8.01. The molecule has 2 unspecified atom stereocenters. The van der Waals surface area contributed by atoms with E-state index in [2.05, 4.69) is 61.2 Å². The van der Waals surface area contributed by atoms with Crippen molar-refractivity contribution in [2.45, 2.75) is 45.1 Å². The van der Waals surface area contributed by atoms with Crippen molar-refractivity contribution in [2.75, 3.05) is 13.1 Å². The first-order valence-corrected chi connectivity index (χ1v) is 8.01. The fraction of sp³-hybridized carbons (Fsp3) is 0.474. The highest BCUT2D eigenvalue weighted by Gasteiger charge is 2.24. The summed E-state index contributed by atoms with van der Waals surface area (Å²) in [5.74, 6) is 0.698. The minimum atomic E-state index is 0.698. The predicted molar refractivity (Wildman–Crippen MR) is 87.2 cm³/mol. The summed E-state index contributed by atoms with van der Waals surface area (Å²) in [6.45, 7) is 7.16. The Morgan fingerprint density at radius 3 is 2.80 bits per heavy atom. The molecule has 0 spiro atoms. The van der Waals surface area contributed by atoms with Crippen LogP contribution < -0.4 is 0 Å². The van der Waals surface area contributed by atoms with Crippen molar-refractivity contribution in [3.8, 4) is 0 Å². The fourth-order valence-electron chi connectivity index (χ4n) is 3.53. The van der Waals surface area contributed by atoms with Gasteiger partial charge in [-0.15, -0.1) is 0 Å². The third-order valence-corrected chi connectivity index (χ3v) is 4.93. The van der Waals surface area contributed by atoms with Gasteiger partial charge in [0.15, 0.2) is 0 Å². The molecule has 1 heterocycles. The molecule has 0 saturated carbocycles. The van der Waals surface area contributed by atoms with E-state index in [0.717, 1.165) is 0 Å². The maximum Gasteiger partial charge on any atom is 0.00645 e. The largest absolute Gasteiger partial charge is 0.300 e. The number of benzene rings is 2. The Kier molecular flexibility index (Phi) is 4.07. The van der Waals surface area contributed by atoms with E-state index in [1.807, 2.05) is 0 Å². The van der Waals surface area contributed by atoms with Crippen LogP contribution in [0.5, 0.6) is 0 Å². The lowest BCUT2D eigenvalue weighted by atomic mass is 9.87. The maximum atomic E-state index is 2.68. The minimum absolute atomic E-state index is 0.698. The quantitative estimate of drug-likeness (QED) is 0.771. The smallest absolute Gasteiger partial charge is 0.00645 e. The zero-order valence-corrected chi connectivity index (χ0v) is 12.7. The van der Waals surface area contributed by atoms with Crippen LogP contribution in [0.1, 0.15) is 44.6 Å². The van der Waals surface area contributed by atoms with E-state index < -0.39 is 0 Å². The van der Waals surface area contributed by atoms with Crippen LogP contribution in [0.2, 0.25) is 0 Å². The molecule has 0 bridgehead atoms. The Balaban J connectivity index is 1.91. The Morgan fingerprint density at radius 1 is 1.15 bits per heavy atom. The van der Waals surface area contributed by atoms with Gasteiger partial charge in [-0.25, -0.2) is 0 Å². The van der Waals surface area contributed by atoms with Gasteiger partial charge in [0.1, 0.15) is 0 Å². The molecule has 1 aliphatic rings. The zero-order chi connectivity index (χ0) is 13.9. The molecule has 1 aliphatic heterocycles. The van der Waals surface area contributed by atoms with Gasteiger partial charge >= 0.3 is 0 Å². The number of nitrogens with zero attached hydrogens (tertiary/aromatic N) is 1. The summed E-state index contributed by atoms with van der Waals surface area (Å²) in [5.41, 5.74) is 1.55. The van der Waals surface area contributed by atoms with Gasteiger partial charge in [0.2, 0.25) is 0 Å². The SMILES string of the molecule is CCC(C)N1CCCC(c2cccc3ccccc23)C1. The van der Waals surface area contributed by atoms with Crippen molar-refractivity contribution < 1.29 is 0 Å². The Hall–Kier alpha value is -1.34. The molecule has 1 saturated heterocycles. The van der Waals surface area contributed by atoms with E-state index >= 15 is 0 Å². The summed E-state index contributed by atoms with van der Waals surface area (Å²) >= 11 is 0. The van der Waals surface area contributed by atoms with Crippen LogP contribution in [0.4, 0.5) is 0 Å². The molecule has 20 heavy (non-hydrogen) atoms. The second kappa shape index (κ2) is 5.97. The molecule has 3 rings (SSSR count). The molecule has 0 N–H and O–H groups in total. The molecule has 1 nitrogen and oxygen atoms in total. The normalized spacial score (nSPS) is 22.0. The van der Waals surface area contributed by atoms with Gasteiger partial charge in [0.25, 0.3) is 0 Å². The molecule has 2 atom stereocenters. The molecule has 0 radical (unpaired) electrons. The highest BCUT2D eigenvalue weighted by Crippen LogP contribution is 2.32. The molecule has 0 aliphatic carbocycles. The third-order valence-electron chi connectivity index (χ3n) is 4.93. The lowest BCUT2D eigenvalue weighted by Gasteiger charge is -2.37. The minimum Gasteiger partial charge on any atom is -0.300 e. The summed E-state index contributed by atoms with van der Waals surface area (Å²) in [4.78, 5) is 2.68. The summed E-state index contributed by atoms with van der Waals surface area (Å²) in [7, 11) is 0. The first kappa shape index (κ1) is 13.6. The van der Waals surface area contributed by atoms with Crippen LogP contribution in [0.15, 0.2) is 42.5 Å². The van der Waals surface area contributed by atoms with E-state index in [0.29, 0.717) is 12.0 Å². The molecule has 0 aromatic heterocycles. The van der Waals surface area contributed by atoms with Crippen LogP contribution in [0, 0.1) is 0 Å². The molecule has 2 aromatic rings. The molecule has 2 aromatic carbocycles. The average Bonchev–Trinajstić information content (AvgIpc) is 2.53. The van der Waals surface area contributed by atoms with E-state index in [9.17, 15) is 0 Å². The van der Waals surface area contributed by atoms with Gasteiger partial charge in [-0.05, 0) is 55.0 Å². The molecule has 0 amide bonds. The second-order valence-corrected chi connectivity index (χ2v) is 6.16. The van der Waals surface area contributed by atoms with E-state index in [1.165, 1.54) is 43.1 Å². The third kappa shape index (κ3) is 2.60. The van der Waals surface area contributed by atoms with Gasteiger partial charge < -0.3 is 4.90 Å². The molecule has 106 valence electrons. The molecular formula is C19H25N. The monoisotopic (exact) mass is 267 g/mol. The Labute approximate surface area is 122 Å². The van der Waals surface area contributed by atoms with Gasteiger partial charge in [-0.1, -0.05) is 49.4 Å². The second-order valence-electron chi connectivity index (χ2n) is 6.16. The van der Waals surface area contributed by atoms with E-state index in [-0.39, 0.29) is 0 Å². The number of hydrogen-bond acceptors (Lipinski definition) is 1. The van der Waals surface area contributed by atoms with Gasteiger partial charge in [0, 0.05) is 12.6 Å². The van der Waals surface area contributed by atoms with Gasteiger partial charge in [-0.2, -0.15) is 0 Å². The van der Waals surface area contributed by atoms with Crippen LogP contribution in [0.3, 0.4) is 0 Å². The van der Waals surface area contributed by atoms with E-state index in [1.54, 1.807) is 5.56 Å². The number of piperidine rings is 1. The van der Waals surface area contributed by atoms with Crippen molar-refractivity contribution in [3.05, 3.63) is 48.0 Å². The Bertz CT molecular complexity index is 569. The van der Waals surface area contributed by atoms with Crippen molar-refractivity contribution in [1.29, 1.82) is 0 Å². The summed E-state index contributed by atoms with van der Waals surface area (Å²) in [6.07, 6.45) is 3.92. The topological polar surface area (TPSA) is 3.24 Å². The van der Waals surface area contributed by atoms with Crippen molar-refractivity contribution in [1.82, 2.24) is 4.90 Å². The summed E-state index contributed by atoms with van der Waals surface area (Å²) in [6, 6.07) is 16.3. The van der Waals surface area contributed by atoms with E-state index in [4.69, 9.17) is 0 Å². The number of fused-ring (bicyclic) bond motifs is 1. The van der Waals surface area contributed by atoms with Crippen molar-refractivity contribution in [3.63, 3.8) is 0 Å². The van der Waals surface area contributed by atoms with Crippen molar-refractivity contribution >= 4 is 10.8 Å². The number of hydrogen-bond donors (Lipinski definition) is 0. The average molecular weight is 267 g/mol. The predicted octanol–water partition coefficient (Wildman–Crippen LogP) is 4.82. The fourth-order valence-corrected chi connectivity index (χ4v) is 3.53. The molecule has 1 heteroatoms.